The van der Waals surface area contributed by atoms with E-state index in [-0.39, 0.29) is 30.9 Å². The molecule has 1 atom stereocenters. The summed E-state index contributed by atoms with van der Waals surface area (Å²) in [6.07, 6.45) is 0.185. The van der Waals surface area contributed by atoms with Gasteiger partial charge in [0.05, 0.1) is 23.5 Å². The molecule has 0 saturated heterocycles. The molecule has 1 heterocycles. The van der Waals surface area contributed by atoms with Gasteiger partial charge < -0.3 is 15.2 Å². The van der Waals surface area contributed by atoms with Gasteiger partial charge in [-0.25, -0.2) is 8.42 Å². The number of anilines is 1. The quantitative estimate of drug-likeness (QED) is 0.270. The van der Waals surface area contributed by atoms with Crippen molar-refractivity contribution in [1.82, 2.24) is 5.32 Å². The normalized spacial score (nSPS) is 14.4. The summed E-state index contributed by atoms with van der Waals surface area (Å²) in [7, 11) is -4.04. The molecule has 4 aromatic carbocycles. The maximum absolute atomic E-state index is 13.9. The number of fused-ring (bicyclic) bond motifs is 1. The van der Waals surface area contributed by atoms with Gasteiger partial charge in [-0.3, -0.25) is 13.9 Å². The molecule has 1 aliphatic rings. The maximum atomic E-state index is 13.9. The lowest BCUT2D eigenvalue weighted by atomic mass is 10.0. The average molecular weight is 571 g/mol. The number of amides is 1. The molecule has 0 saturated carbocycles. The second kappa shape index (κ2) is 11.9. The Morgan fingerprint density at radius 1 is 0.927 bits per heavy atom. The number of carboxylic acids is 1. The van der Waals surface area contributed by atoms with Crippen LogP contribution in [0.15, 0.2) is 102 Å². The zero-order valence-corrected chi connectivity index (χ0v) is 23.3. The number of aryl methyl sites for hydroxylation is 1. The lowest BCUT2D eigenvalue weighted by Crippen LogP contribution is -2.48. The lowest BCUT2D eigenvalue weighted by Gasteiger charge is -2.26. The Labute approximate surface area is 239 Å². The molecule has 0 spiro atoms. The van der Waals surface area contributed by atoms with E-state index in [1.165, 1.54) is 4.31 Å². The molecule has 1 amide bonds. The maximum Gasteiger partial charge on any atom is 0.307 e. The Kier molecular flexibility index (Phi) is 8.07. The van der Waals surface area contributed by atoms with Crippen LogP contribution >= 0.6 is 0 Å². The number of hydrogen-bond acceptors (Lipinski definition) is 5. The molecule has 4 aromatic rings. The lowest BCUT2D eigenvalue weighted by molar-refractivity contribution is -0.136. The molecule has 210 valence electrons. The number of nitrogens with zero attached hydrogens (tertiary/aromatic N) is 1. The molecule has 1 aliphatic heterocycles. The van der Waals surface area contributed by atoms with E-state index in [1.54, 1.807) is 60.7 Å². The SMILES string of the molecule is Cc1ccccc1-c1ccc(S(=O)(=O)N2c3ccccc3C[C@H]2C(=O)NCCOc2ccc(CC(=O)O)cc2)cc1. The van der Waals surface area contributed by atoms with E-state index in [1.807, 2.05) is 43.3 Å². The summed E-state index contributed by atoms with van der Waals surface area (Å²) >= 11 is 0. The van der Waals surface area contributed by atoms with Crippen LogP contribution in [-0.4, -0.2) is 44.6 Å². The topological polar surface area (TPSA) is 113 Å². The summed E-state index contributed by atoms with van der Waals surface area (Å²) in [4.78, 5) is 24.3. The van der Waals surface area contributed by atoms with Crippen LogP contribution < -0.4 is 14.4 Å². The minimum atomic E-state index is -4.04. The van der Waals surface area contributed by atoms with E-state index in [0.29, 0.717) is 17.0 Å². The van der Waals surface area contributed by atoms with E-state index < -0.39 is 27.9 Å². The van der Waals surface area contributed by atoms with Crippen LogP contribution in [0.25, 0.3) is 11.1 Å². The molecule has 0 unspecified atom stereocenters. The van der Waals surface area contributed by atoms with Gasteiger partial charge in [-0.1, -0.05) is 66.7 Å². The number of carboxylic acid groups (broad SMARTS) is 1. The second-order valence-electron chi connectivity index (χ2n) is 9.84. The second-order valence-corrected chi connectivity index (χ2v) is 11.7. The standard InChI is InChI=1S/C32H30N2O6S/c1-22-6-2-4-8-28(22)24-12-16-27(17-13-24)41(38,39)34-29-9-5-3-7-25(29)21-30(34)32(37)33-18-19-40-26-14-10-23(11-15-26)20-31(35)36/h2-17,30H,18-21H2,1H3,(H,33,37)(H,35,36)/t30-/m0/s1. The molecule has 0 bridgehead atoms. The third kappa shape index (κ3) is 6.10. The highest BCUT2D eigenvalue weighted by Crippen LogP contribution is 2.37. The molecule has 9 heteroatoms. The Balaban J connectivity index is 1.29. The smallest absolute Gasteiger partial charge is 0.307 e. The number of rotatable bonds is 10. The Morgan fingerprint density at radius 3 is 2.32 bits per heavy atom. The van der Waals surface area contributed by atoms with Gasteiger partial charge in [-0.2, -0.15) is 0 Å². The fraction of sp³-hybridized carbons (Fsp3) is 0.188. The molecule has 0 aliphatic carbocycles. The first-order valence-electron chi connectivity index (χ1n) is 13.2. The van der Waals surface area contributed by atoms with Gasteiger partial charge >= 0.3 is 5.97 Å². The molecule has 41 heavy (non-hydrogen) atoms. The summed E-state index contributed by atoms with van der Waals surface area (Å²) in [5.41, 5.74) is 4.96. The van der Waals surface area contributed by atoms with Crippen LogP contribution in [0.4, 0.5) is 5.69 Å². The minimum absolute atomic E-state index is 0.0731. The van der Waals surface area contributed by atoms with Gasteiger partial charge in [-0.05, 0) is 65.1 Å². The van der Waals surface area contributed by atoms with Crippen molar-refractivity contribution >= 4 is 27.6 Å². The predicted octanol–water partition coefficient (Wildman–Crippen LogP) is 4.60. The van der Waals surface area contributed by atoms with Crippen LogP contribution in [-0.2, 0) is 32.5 Å². The highest BCUT2D eigenvalue weighted by Gasteiger charge is 2.42. The van der Waals surface area contributed by atoms with Crippen molar-refractivity contribution in [3.8, 4) is 16.9 Å². The monoisotopic (exact) mass is 570 g/mol. The Morgan fingerprint density at radius 2 is 1.61 bits per heavy atom. The van der Waals surface area contributed by atoms with E-state index >= 15 is 0 Å². The van der Waals surface area contributed by atoms with Crippen molar-refractivity contribution < 1.29 is 27.9 Å². The Hall–Kier alpha value is -4.63. The number of carbonyl (C=O) groups is 2. The number of ether oxygens (including phenoxy) is 1. The van der Waals surface area contributed by atoms with Crippen molar-refractivity contribution in [2.45, 2.75) is 30.7 Å². The van der Waals surface area contributed by atoms with Crippen molar-refractivity contribution in [3.63, 3.8) is 0 Å². The number of benzene rings is 4. The van der Waals surface area contributed by atoms with E-state index in [4.69, 9.17) is 9.84 Å². The van der Waals surface area contributed by atoms with Crippen molar-refractivity contribution in [2.75, 3.05) is 17.5 Å². The van der Waals surface area contributed by atoms with Crippen molar-refractivity contribution in [2.24, 2.45) is 0 Å². The van der Waals surface area contributed by atoms with Gasteiger partial charge in [0.2, 0.25) is 5.91 Å². The summed E-state index contributed by atoms with van der Waals surface area (Å²) in [5, 5.41) is 11.7. The van der Waals surface area contributed by atoms with Crippen LogP contribution in [0.5, 0.6) is 5.75 Å². The van der Waals surface area contributed by atoms with E-state index in [0.717, 1.165) is 22.3 Å². The summed E-state index contributed by atoms with van der Waals surface area (Å²) in [6.45, 7) is 2.34. The molecular weight excluding hydrogens is 540 g/mol. The summed E-state index contributed by atoms with van der Waals surface area (Å²) in [5.74, 6) is -0.785. The fourth-order valence-electron chi connectivity index (χ4n) is 5.01. The fourth-order valence-corrected chi connectivity index (χ4v) is 6.66. The molecular formula is C32H30N2O6S. The summed E-state index contributed by atoms with van der Waals surface area (Å²) in [6, 6.07) is 27.6. The van der Waals surface area contributed by atoms with Crippen LogP contribution in [0, 0.1) is 6.92 Å². The van der Waals surface area contributed by atoms with Crippen LogP contribution in [0.3, 0.4) is 0 Å². The first-order valence-corrected chi connectivity index (χ1v) is 14.7. The molecule has 0 radical (unpaired) electrons. The number of hydrogen-bond donors (Lipinski definition) is 2. The first kappa shape index (κ1) is 27.9. The minimum Gasteiger partial charge on any atom is -0.492 e. The highest BCUT2D eigenvalue weighted by atomic mass is 32.2. The largest absolute Gasteiger partial charge is 0.492 e. The number of carbonyl (C=O) groups excluding carboxylic acids is 1. The third-order valence-corrected chi connectivity index (χ3v) is 8.88. The molecule has 0 aromatic heterocycles. The van der Waals surface area contributed by atoms with Crippen LogP contribution in [0.2, 0.25) is 0 Å². The van der Waals surface area contributed by atoms with Gasteiger partial charge in [0.25, 0.3) is 10.0 Å². The number of aliphatic carboxylic acids is 1. The van der Waals surface area contributed by atoms with Gasteiger partial charge in [-0.15, -0.1) is 0 Å². The number of sulfonamides is 1. The third-order valence-electron chi connectivity index (χ3n) is 7.04. The summed E-state index contributed by atoms with van der Waals surface area (Å²) < 4.78 is 34.7. The van der Waals surface area contributed by atoms with Crippen LogP contribution in [0.1, 0.15) is 16.7 Å². The van der Waals surface area contributed by atoms with Crippen molar-refractivity contribution in [1.29, 1.82) is 0 Å². The van der Waals surface area contributed by atoms with Gasteiger partial charge in [0.1, 0.15) is 18.4 Å². The zero-order chi connectivity index (χ0) is 29.0. The van der Waals surface area contributed by atoms with E-state index in [9.17, 15) is 18.0 Å². The molecule has 5 rings (SSSR count). The molecule has 0 fully saturated rings. The first-order chi connectivity index (χ1) is 19.7. The molecule has 2 N–H and O–H groups in total. The predicted molar refractivity (Wildman–Crippen MR) is 157 cm³/mol. The highest BCUT2D eigenvalue weighted by molar-refractivity contribution is 7.93. The average Bonchev–Trinajstić information content (AvgIpc) is 3.37. The van der Waals surface area contributed by atoms with Gasteiger partial charge in [0.15, 0.2) is 0 Å². The zero-order valence-electron chi connectivity index (χ0n) is 22.5. The van der Waals surface area contributed by atoms with Crippen molar-refractivity contribution in [3.05, 3.63) is 114 Å². The van der Waals surface area contributed by atoms with Gasteiger partial charge in [0, 0.05) is 6.42 Å². The van der Waals surface area contributed by atoms with E-state index in [2.05, 4.69) is 5.32 Å². The molecule has 8 nitrogen and oxygen atoms in total. The Bertz CT molecular complexity index is 1670. The number of nitrogens with one attached hydrogen (secondary N) is 1. The number of para-hydroxylation sites is 1.